The van der Waals surface area contributed by atoms with E-state index in [4.69, 9.17) is 4.74 Å². The average Bonchev–Trinajstić information content (AvgIpc) is 2.74. The van der Waals surface area contributed by atoms with E-state index in [0.717, 1.165) is 31.9 Å². The summed E-state index contributed by atoms with van der Waals surface area (Å²) in [6.45, 7) is 7.82. The number of carbonyl (C=O) groups excluding carboxylic acids is 1. The van der Waals surface area contributed by atoms with Crippen molar-refractivity contribution in [3.8, 4) is 0 Å². The van der Waals surface area contributed by atoms with Crippen LogP contribution in [0.3, 0.4) is 0 Å². The molecule has 0 spiro atoms. The van der Waals surface area contributed by atoms with Gasteiger partial charge in [0, 0.05) is 50.6 Å². The van der Waals surface area contributed by atoms with Crippen LogP contribution in [0.2, 0.25) is 0 Å². The van der Waals surface area contributed by atoms with E-state index in [-0.39, 0.29) is 5.91 Å². The first-order valence-corrected chi connectivity index (χ1v) is 9.48. The molecule has 0 saturated carbocycles. The third-order valence-corrected chi connectivity index (χ3v) is 5.04. The first-order chi connectivity index (χ1) is 13.2. The van der Waals surface area contributed by atoms with Crippen LogP contribution in [0.4, 0.5) is 11.6 Å². The molecule has 142 valence electrons. The van der Waals surface area contributed by atoms with E-state index < -0.39 is 0 Å². The van der Waals surface area contributed by atoms with Gasteiger partial charge in [0.2, 0.25) is 5.95 Å². The molecule has 0 bridgehead atoms. The molecule has 7 nitrogen and oxygen atoms in total. The topological polar surface area (TPSA) is 61.8 Å². The molecular formula is C20H25N5O2. The Bertz CT molecular complexity index is 784. The molecule has 2 saturated heterocycles. The molecular weight excluding hydrogens is 342 g/mol. The Morgan fingerprint density at radius 1 is 0.926 bits per heavy atom. The molecule has 0 atom stereocenters. The van der Waals surface area contributed by atoms with Gasteiger partial charge in [0.05, 0.1) is 13.2 Å². The minimum atomic E-state index is -0.0343. The lowest BCUT2D eigenvalue weighted by Gasteiger charge is -2.36. The van der Waals surface area contributed by atoms with Crippen LogP contribution in [0.15, 0.2) is 36.4 Å². The largest absolute Gasteiger partial charge is 0.378 e. The maximum Gasteiger partial charge on any atom is 0.272 e. The van der Waals surface area contributed by atoms with Gasteiger partial charge in [0.15, 0.2) is 0 Å². The molecule has 0 radical (unpaired) electrons. The highest BCUT2D eigenvalue weighted by atomic mass is 16.5. The number of aryl methyl sites for hydroxylation is 1. The summed E-state index contributed by atoms with van der Waals surface area (Å²) >= 11 is 0. The number of ether oxygens (including phenoxy) is 1. The number of nitrogens with zero attached hydrogens (tertiary/aromatic N) is 5. The first-order valence-electron chi connectivity index (χ1n) is 9.48. The maximum absolute atomic E-state index is 12.8. The van der Waals surface area contributed by atoms with Crippen molar-refractivity contribution in [3.05, 3.63) is 47.8 Å². The number of amides is 1. The van der Waals surface area contributed by atoms with Gasteiger partial charge in [0.1, 0.15) is 5.69 Å². The fourth-order valence-electron chi connectivity index (χ4n) is 3.54. The fourth-order valence-corrected chi connectivity index (χ4v) is 3.54. The van der Waals surface area contributed by atoms with Crippen LogP contribution >= 0.6 is 0 Å². The van der Waals surface area contributed by atoms with Crippen molar-refractivity contribution in [1.29, 1.82) is 0 Å². The maximum atomic E-state index is 12.8. The van der Waals surface area contributed by atoms with Crippen molar-refractivity contribution in [2.24, 2.45) is 0 Å². The van der Waals surface area contributed by atoms with E-state index in [2.05, 4.69) is 44.0 Å². The van der Waals surface area contributed by atoms with E-state index in [1.807, 2.05) is 17.9 Å². The number of rotatable bonds is 3. The lowest BCUT2D eigenvalue weighted by molar-refractivity contribution is 0.0299. The Morgan fingerprint density at radius 3 is 2.30 bits per heavy atom. The number of carbonyl (C=O) groups is 1. The van der Waals surface area contributed by atoms with Crippen LogP contribution in [-0.2, 0) is 4.74 Å². The van der Waals surface area contributed by atoms with E-state index in [1.165, 1.54) is 5.69 Å². The van der Waals surface area contributed by atoms with Gasteiger partial charge in [-0.1, -0.05) is 18.2 Å². The SMILES string of the molecule is Cc1cc(C(=O)N2CCOCC2)nc(N2CCN(c3ccccc3)CC2)n1. The molecule has 2 aliphatic rings. The molecule has 2 aromatic rings. The van der Waals surface area contributed by atoms with Crippen LogP contribution in [-0.4, -0.2) is 73.3 Å². The number of para-hydroxylation sites is 1. The number of hydrogen-bond acceptors (Lipinski definition) is 6. The zero-order chi connectivity index (χ0) is 18.6. The number of benzene rings is 1. The Morgan fingerprint density at radius 2 is 1.59 bits per heavy atom. The molecule has 0 N–H and O–H groups in total. The smallest absolute Gasteiger partial charge is 0.272 e. The third-order valence-electron chi connectivity index (χ3n) is 5.04. The van der Waals surface area contributed by atoms with Gasteiger partial charge in [-0.25, -0.2) is 9.97 Å². The summed E-state index contributed by atoms with van der Waals surface area (Å²) in [7, 11) is 0. The van der Waals surface area contributed by atoms with Crippen molar-refractivity contribution in [3.63, 3.8) is 0 Å². The molecule has 2 aliphatic heterocycles. The first kappa shape index (κ1) is 17.7. The second-order valence-corrected chi connectivity index (χ2v) is 6.91. The van der Waals surface area contributed by atoms with Crippen molar-refractivity contribution >= 4 is 17.5 Å². The zero-order valence-electron chi connectivity index (χ0n) is 15.7. The van der Waals surface area contributed by atoms with Crippen LogP contribution in [0.1, 0.15) is 16.2 Å². The summed E-state index contributed by atoms with van der Waals surface area (Å²) in [5, 5.41) is 0. The number of hydrogen-bond donors (Lipinski definition) is 0. The van der Waals surface area contributed by atoms with Gasteiger partial charge >= 0.3 is 0 Å². The molecule has 0 aliphatic carbocycles. The van der Waals surface area contributed by atoms with Crippen LogP contribution < -0.4 is 9.80 Å². The molecule has 2 fully saturated rings. The Labute approximate surface area is 159 Å². The number of anilines is 2. The molecule has 1 aromatic heterocycles. The van der Waals surface area contributed by atoms with Crippen LogP contribution in [0, 0.1) is 6.92 Å². The predicted molar refractivity (Wildman–Crippen MR) is 104 cm³/mol. The summed E-state index contributed by atoms with van der Waals surface area (Å²) in [5.74, 6) is 0.618. The van der Waals surface area contributed by atoms with Crippen molar-refractivity contribution in [2.45, 2.75) is 6.92 Å². The van der Waals surface area contributed by atoms with Gasteiger partial charge < -0.3 is 19.4 Å². The van der Waals surface area contributed by atoms with E-state index in [9.17, 15) is 4.79 Å². The monoisotopic (exact) mass is 367 g/mol. The Balaban J connectivity index is 1.46. The molecule has 0 unspecified atom stereocenters. The highest BCUT2D eigenvalue weighted by Gasteiger charge is 2.24. The lowest BCUT2D eigenvalue weighted by Crippen LogP contribution is -2.47. The summed E-state index contributed by atoms with van der Waals surface area (Å²) < 4.78 is 5.34. The van der Waals surface area contributed by atoms with Crippen molar-refractivity contribution in [2.75, 3.05) is 62.3 Å². The molecule has 3 heterocycles. The quantitative estimate of drug-likeness (QED) is 0.821. The van der Waals surface area contributed by atoms with Gasteiger partial charge in [0.25, 0.3) is 5.91 Å². The normalized spacial score (nSPS) is 17.9. The number of morpholine rings is 1. The third kappa shape index (κ3) is 4.03. The van der Waals surface area contributed by atoms with Crippen molar-refractivity contribution < 1.29 is 9.53 Å². The average molecular weight is 367 g/mol. The molecule has 1 aromatic carbocycles. The highest BCUT2D eigenvalue weighted by Crippen LogP contribution is 2.19. The van der Waals surface area contributed by atoms with Crippen molar-refractivity contribution in [1.82, 2.24) is 14.9 Å². The summed E-state index contributed by atoms with van der Waals surface area (Å²) in [6, 6.07) is 12.2. The van der Waals surface area contributed by atoms with Crippen LogP contribution in [0.25, 0.3) is 0 Å². The summed E-state index contributed by atoms with van der Waals surface area (Å²) in [6.07, 6.45) is 0. The number of piperazine rings is 1. The molecule has 27 heavy (non-hydrogen) atoms. The highest BCUT2D eigenvalue weighted by molar-refractivity contribution is 5.92. The molecule has 1 amide bonds. The Kier molecular flexibility index (Phi) is 5.20. The van der Waals surface area contributed by atoms with E-state index in [0.29, 0.717) is 37.9 Å². The lowest BCUT2D eigenvalue weighted by atomic mass is 10.2. The minimum absolute atomic E-state index is 0.0343. The minimum Gasteiger partial charge on any atom is -0.378 e. The fraction of sp³-hybridized carbons (Fsp3) is 0.450. The second kappa shape index (κ2) is 7.92. The van der Waals surface area contributed by atoms with Crippen LogP contribution in [0.5, 0.6) is 0 Å². The van der Waals surface area contributed by atoms with E-state index >= 15 is 0 Å². The van der Waals surface area contributed by atoms with Gasteiger partial charge in [-0.2, -0.15) is 0 Å². The zero-order valence-corrected chi connectivity index (χ0v) is 15.7. The molecule has 4 rings (SSSR count). The predicted octanol–water partition coefficient (Wildman–Crippen LogP) is 1.58. The molecule has 7 heteroatoms. The Hall–Kier alpha value is -2.67. The summed E-state index contributed by atoms with van der Waals surface area (Å²) in [5.41, 5.74) is 2.54. The summed E-state index contributed by atoms with van der Waals surface area (Å²) in [4.78, 5) is 28.3. The van der Waals surface area contributed by atoms with E-state index in [1.54, 1.807) is 6.07 Å². The van der Waals surface area contributed by atoms with Gasteiger partial charge in [-0.15, -0.1) is 0 Å². The number of aromatic nitrogens is 2. The van der Waals surface area contributed by atoms with Gasteiger partial charge in [-0.3, -0.25) is 4.79 Å². The second-order valence-electron chi connectivity index (χ2n) is 6.91. The van der Waals surface area contributed by atoms with Gasteiger partial charge in [-0.05, 0) is 25.1 Å². The standard InChI is InChI=1S/C20H25N5O2/c1-16-15-18(19(26)24-11-13-27-14-12-24)22-20(21-16)25-9-7-23(8-10-25)17-5-3-2-4-6-17/h2-6,15H,7-14H2,1H3.